The number of aromatic nitrogens is 3. The van der Waals surface area contributed by atoms with Crippen molar-refractivity contribution in [2.75, 3.05) is 6.54 Å². The summed E-state index contributed by atoms with van der Waals surface area (Å²) in [5, 5.41) is 20.1. The van der Waals surface area contributed by atoms with Gasteiger partial charge in [0.1, 0.15) is 0 Å². The predicted molar refractivity (Wildman–Crippen MR) is 53.6 cm³/mol. The number of aryl methyl sites for hydroxylation is 1. The van der Waals surface area contributed by atoms with Crippen LogP contribution >= 0.6 is 0 Å². The largest absolute Gasteiger partial charge is 0.393 e. The molecule has 5 heteroatoms. The number of rotatable bonds is 6. The minimum atomic E-state index is -0.188. The van der Waals surface area contributed by atoms with Crippen molar-refractivity contribution in [1.82, 2.24) is 20.3 Å². The number of nitrogens with zero attached hydrogens (tertiary/aromatic N) is 3. The van der Waals surface area contributed by atoms with Gasteiger partial charge in [0.2, 0.25) is 0 Å². The van der Waals surface area contributed by atoms with Gasteiger partial charge in [-0.15, -0.1) is 5.10 Å². The maximum Gasteiger partial charge on any atom is 0.0738 e. The van der Waals surface area contributed by atoms with Gasteiger partial charge in [-0.3, -0.25) is 4.68 Å². The first-order chi connectivity index (χ1) is 6.74. The molecule has 0 aliphatic heterocycles. The molecule has 1 aromatic heterocycles. The van der Waals surface area contributed by atoms with Crippen LogP contribution in [-0.2, 0) is 13.6 Å². The van der Waals surface area contributed by atoms with E-state index in [2.05, 4.69) is 15.6 Å². The Kier molecular flexibility index (Phi) is 4.55. The molecule has 2 N–H and O–H groups in total. The van der Waals surface area contributed by atoms with Crippen molar-refractivity contribution >= 4 is 0 Å². The second kappa shape index (κ2) is 5.72. The highest BCUT2D eigenvalue weighted by molar-refractivity contribution is 4.91. The van der Waals surface area contributed by atoms with Gasteiger partial charge in [-0.1, -0.05) is 12.1 Å². The Hall–Kier alpha value is -0.940. The quantitative estimate of drug-likeness (QED) is 0.635. The van der Waals surface area contributed by atoms with E-state index in [9.17, 15) is 5.11 Å². The van der Waals surface area contributed by atoms with Crippen LogP contribution in [0.25, 0.3) is 0 Å². The third-order valence-corrected chi connectivity index (χ3v) is 2.24. The normalized spacial score (nSPS) is 13.1. The molecule has 0 fully saturated rings. The third-order valence-electron chi connectivity index (χ3n) is 2.24. The molecule has 0 amide bonds. The summed E-state index contributed by atoms with van der Waals surface area (Å²) >= 11 is 0. The van der Waals surface area contributed by atoms with E-state index in [1.807, 2.05) is 14.0 Å². The van der Waals surface area contributed by atoms with E-state index in [0.717, 1.165) is 31.6 Å². The first kappa shape index (κ1) is 11.1. The molecule has 0 saturated carbocycles. The Balaban J connectivity index is 2.13. The van der Waals surface area contributed by atoms with Crippen molar-refractivity contribution in [3.63, 3.8) is 0 Å². The molecule has 1 aromatic rings. The third kappa shape index (κ3) is 3.43. The number of hydrogen-bond acceptors (Lipinski definition) is 4. The van der Waals surface area contributed by atoms with Gasteiger partial charge >= 0.3 is 0 Å². The molecule has 5 nitrogen and oxygen atoms in total. The van der Waals surface area contributed by atoms with Crippen LogP contribution in [0.2, 0.25) is 0 Å². The lowest BCUT2D eigenvalue weighted by Gasteiger charge is -2.08. The summed E-state index contributed by atoms with van der Waals surface area (Å²) in [6.07, 6.45) is 3.16. The van der Waals surface area contributed by atoms with Crippen molar-refractivity contribution in [3.05, 3.63) is 11.9 Å². The van der Waals surface area contributed by atoms with Gasteiger partial charge in [0.25, 0.3) is 0 Å². The molecule has 0 aliphatic carbocycles. The minimum Gasteiger partial charge on any atom is -0.393 e. The molecule has 0 spiro atoms. The fraction of sp³-hybridized carbons (Fsp3) is 0.778. The number of nitrogens with one attached hydrogen (secondary N) is 1. The SMILES string of the molecule is CCC(O)CCNCc1cnnn1C. The summed E-state index contributed by atoms with van der Waals surface area (Å²) in [5.74, 6) is 0. The summed E-state index contributed by atoms with van der Waals surface area (Å²) in [5.41, 5.74) is 1.05. The molecule has 80 valence electrons. The molecule has 0 bridgehead atoms. The molecule has 0 saturated heterocycles. The highest BCUT2D eigenvalue weighted by Crippen LogP contribution is 1.96. The predicted octanol–water partition coefficient (Wildman–Crippen LogP) is 0.0657. The van der Waals surface area contributed by atoms with E-state index >= 15 is 0 Å². The summed E-state index contributed by atoms with van der Waals surface area (Å²) in [4.78, 5) is 0. The molecule has 0 aromatic carbocycles. The van der Waals surface area contributed by atoms with E-state index in [1.165, 1.54) is 0 Å². The summed E-state index contributed by atoms with van der Waals surface area (Å²) < 4.78 is 1.74. The first-order valence-electron chi connectivity index (χ1n) is 4.96. The summed E-state index contributed by atoms with van der Waals surface area (Å²) in [6, 6.07) is 0. The lowest BCUT2D eigenvalue weighted by atomic mass is 10.2. The average Bonchev–Trinajstić information content (AvgIpc) is 2.58. The Labute approximate surface area is 84.1 Å². The van der Waals surface area contributed by atoms with Gasteiger partial charge in [0.05, 0.1) is 18.0 Å². The molecular formula is C9H18N4O. The zero-order chi connectivity index (χ0) is 10.4. The highest BCUT2D eigenvalue weighted by atomic mass is 16.3. The standard InChI is InChI=1S/C9H18N4O/c1-3-9(14)4-5-10-6-8-7-11-12-13(8)2/h7,9-10,14H,3-6H2,1-2H3. The molecular weight excluding hydrogens is 180 g/mol. The van der Waals surface area contributed by atoms with Gasteiger partial charge in [0.15, 0.2) is 0 Å². The van der Waals surface area contributed by atoms with Crippen LogP contribution < -0.4 is 5.32 Å². The van der Waals surface area contributed by atoms with E-state index in [4.69, 9.17) is 0 Å². The van der Waals surface area contributed by atoms with Gasteiger partial charge in [-0.2, -0.15) is 0 Å². The van der Waals surface area contributed by atoms with Crippen molar-refractivity contribution in [2.45, 2.75) is 32.4 Å². The Morgan fingerprint density at radius 2 is 2.43 bits per heavy atom. The molecule has 0 aliphatic rings. The topological polar surface area (TPSA) is 63.0 Å². The van der Waals surface area contributed by atoms with Crippen molar-refractivity contribution in [3.8, 4) is 0 Å². The van der Waals surface area contributed by atoms with E-state index in [0.29, 0.717) is 0 Å². The summed E-state index contributed by atoms with van der Waals surface area (Å²) in [7, 11) is 1.87. The maximum atomic E-state index is 9.30. The zero-order valence-electron chi connectivity index (χ0n) is 8.77. The average molecular weight is 198 g/mol. The fourth-order valence-electron chi connectivity index (χ4n) is 1.16. The first-order valence-corrected chi connectivity index (χ1v) is 4.96. The van der Waals surface area contributed by atoms with E-state index in [1.54, 1.807) is 10.9 Å². The second-order valence-electron chi connectivity index (χ2n) is 3.38. The zero-order valence-corrected chi connectivity index (χ0v) is 8.77. The highest BCUT2D eigenvalue weighted by Gasteiger charge is 2.01. The van der Waals surface area contributed by atoms with Crippen molar-refractivity contribution in [2.24, 2.45) is 7.05 Å². The maximum absolute atomic E-state index is 9.30. The van der Waals surface area contributed by atoms with Crippen LogP contribution in [0.3, 0.4) is 0 Å². The molecule has 1 atom stereocenters. The number of aliphatic hydroxyl groups excluding tert-OH is 1. The number of aliphatic hydroxyl groups is 1. The van der Waals surface area contributed by atoms with Gasteiger partial charge < -0.3 is 10.4 Å². The summed E-state index contributed by atoms with van der Waals surface area (Å²) in [6.45, 7) is 3.55. The fourth-order valence-corrected chi connectivity index (χ4v) is 1.16. The Morgan fingerprint density at radius 1 is 1.64 bits per heavy atom. The molecule has 14 heavy (non-hydrogen) atoms. The number of hydrogen-bond donors (Lipinski definition) is 2. The lowest BCUT2D eigenvalue weighted by Crippen LogP contribution is -2.21. The van der Waals surface area contributed by atoms with Crippen LogP contribution in [0.5, 0.6) is 0 Å². The van der Waals surface area contributed by atoms with Gasteiger partial charge in [-0.05, 0) is 19.4 Å². The Bertz CT molecular complexity index is 261. The van der Waals surface area contributed by atoms with Crippen LogP contribution in [0.4, 0.5) is 0 Å². The Morgan fingerprint density at radius 3 is 3.00 bits per heavy atom. The lowest BCUT2D eigenvalue weighted by molar-refractivity contribution is 0.159. The van der Waals surface area contributed by atoms with E-state index in [-0.39, 0.29) is 6.10 Å². The van der Waals surface area contributed by atoms with E-state index < -0.39 is 0 Å². The molecule has 1 rings (SSSR count). The van der Waals surface area contributed by atoms with Crippen LogP contribution in [0, 0.1) is 0 Å². The van der Waals surface area contributed by atoms with Crippen LogP contribution in [-0.4, -0.2) is 32.7 Å². The van der Waals surface area contributed by atoms with Gasteiger partial charge in [-0.25, -0.2) is 0 Å². The molecule has 1 unspecified atom stereocenters. The second-order valence-corrected chi connectivity index (χ2v) is 3.38. The van der Waals surface area contributed by atoms with Crippen LogP contribution in [0.1, 0.15) is 25.5 Å². The smallest absolute Gasteiger partial charge is 0.0738 e. The van der Waals surface area contributed by atoms with Crippen molar-refractivity contribution < 1.29 is 5.11 Å². The molecule has 1 heterocycles. The monoisotopic (exact) mass is 198 g/mol. The van der Waals surface area contributed by atoms with Gasteiger partial charge in [0, 0.05) is 13.6 Å². The molecule has 0 radical (unpaired) electrons. The van der Waals surface area contributed by atoms with Crippen LogP contribution in [0.15, 0.2) is 6.20 Å². The minimum absolute atomic E-state index is 0.188. The van der Waals surface area contributed by atoms with Crippen molar-refractivity contribution in [1.29, 1.82) is 0 Å².